The molecule has 0 bridgehead atoms. The van der Waals surface area contributed by atoms with Gasteiger partial charge in [-0.15, -0.1) is 0 Å². The first-order valence-electron chi connectivity index (χ1n) is 4.57. The molecule has 1 heterocycles. The van der Waals surface area contributed by atoms with Gasteiger partial charge in [0.1, 0.15) is 5.84 Å². The van der Waals surface area contributed by atoms with E-state index in [-0.39, 0.29) is 0 Å². The summed E-state index contributed by atoms with van der Waals surface area (Å²) in [5.74, 6) is -2.42. The lowest BCUT2D eigenvalue weighted by molar-refractivity contribution is -0.400. The molecule has 0 fully saturated rings. The van der Waals surface area contributed by atoms with Gasteiger partial charge < -0.3 is 10.5 Å². The maximum absolute atomic E-state index is 13.0. The van der Waals surface area contributed by atoms with Crippen LogP contribution < -0.4 is 5.73 Å². The summed E-state index contributed by atoms with van der Waals surface area (Å²) in [7, 11) is 0. The molecule has 0 spiro atoms. The van der Waals surface area contributed by atoms with Crippen LogP contribution in [0.5, 0.6) is 0 Å². The molecule has 1 aliphatic rings. The Bertz CT molecular complexity index is 438. The first-order chi connectivity index (χ1) is 9.03. The zero-order valence-corrected chi connectivity index (χ0v) is 9.92. The molecule has 0 aromatic rings. The molecule has 0 saturated carbocycles. The van der Waals surface area contributed by atoms with Crippen LogP contribution in [0, 0.1) is 0 Å². The van der Waals surface area contributed by atoms with E-state index in [1.807, 2.05) is 0 Å². The number of alkyl halides is 11. The zero-order valence-electron chi connectivity index (χ0n) is 9.17. The molecule has 1 rings (SSSR count). The largest absolute Gasteiger partial charge is 0.448 e. The standard InChI is InChI=1S/C7H3ClF10N2O/c8-5(11,12)3(1(9)10)2(19)20-4(21-3,6(13,14)15)7(16,17)18/h1H,(H2,19,20). The Balaban J connectivity index is 3.62. The van der Waals surface area contributed by atoms with Crippen molar-refractivity contribution in [2.75, 3.05) is 0 Å². The fourth-order valence-corrected chi connectivity index (χ4v) is 1.66. The number of rotatable bonds is 2. The Kier molecular flexibility index (Phi) is 3.88. The average Bonchev–Trinajstić information content (AvgIpc) is 2.51. The molecule has 14 heteroatoms. The maximum Gasteiger partial charge on any atom is 0.448 e. The summed E-state index contributed by atoms with van der Waals surface area (Å²) < 4.78 is 130. The number of ether oxygens (including phenoxy) is 1. The second kappa shape index (κ2) is 4.51. The van der Waals surface area contributed by atoms with Crippen molar-refractivity contribution in [1.29, 1.82) is 0 Å². The van der Waals surface area contributed by atoms with Gasteiger partial charge in [0.2, 0.25) is 0 Å². The normalized spacial score (nSPS) is 27.1. The summed E-state index contributed by atoms with van der Waals surface area (Å²) in [6.45, 7) is 0. The first-order valence-corrected chi connectivity index (χ1v) is 4.95. The van der Waals surface area contributed by atoms with Crippen LogP contribution in [0.1, 0.15) is 0 Å². The quantitative estimate of drug-likeness (QED) is 0.611. The van der Waals surface area contributed by atoms with Gasteiger partial charge in [-0.3, -0.25) is 0 Å². The highest BCUT2D eigenvalue weighted by Gasteiger charge is 2.83. The van der Waals surface area contributed by atoms with Crippen LogP contribution in [-0.4, -0.2) is 41.3 Å². The highest BCUT2D eigenvalue weighted by molar-refractivity contribution is 6.25. The van der Waals surface area contributed by atoms with Crippen molar-refractivity contribution in [3.63, 3.8) is 0 Å². The van der Waals surface area contributed by atoms with Gasteiger partial charge in [-0.05, 0) is 11.6 Å². The van der Waals surface area contributed by atoms with Gasteiger partial charge in [-0.1, -0.05) is 0 Å². The molecule has 0 aromatic carbocycles. The van der Waals surface area contributed by atoms with E-state index < -0.39 is 41.3 Å². The van der Waals surface area contributed by atoms with Crippen molar-refractivity contribution < 1.29 is 48.6 Å². The van der Waals surface area contributed by atoms with Crippen LogP contribution in [0.25, 0.3) is 0 Å². The lowest BCUT2D eigenvalue weighted by atomic mass is 10.0. The van der Waals surface area contributed by atoms with Crippen molar-refractivity contribution in [3.8, 4) is 0 Å². The maximum atomic E-state index is 13.0. The molecule has 0 radical (unpaired) electrons. The fourth-order valence-electron chi connectivity index (χ4n) is 1.45. The number of hydrogen-bond donors (Lipinski definition) is 1. The van der Waals surface area contributed by atoms with E-state index in [0.717, 1.165) is 0 Å². The first kappa shape index (κ1) is 18.1. The number of amidine groups is 1. The van der Waals surface area contributed by atoms with Gasteiger partial charge in [0, 0.05) is 0 Å². The Morgan fingerprint density at radius 2 is 1.38 bits per heavy atom. The highest BCUT2D eigenvalue weighted by atomic mass is 35.5. The minimum Gasteiger partial charge on any atom is -0.384 e. The molecule has 124 valence electrons. The topological polar surface area (TPSA) is 47.6 Å². The van der Waals surface area contributed by atoms with E-state index in [2.05, 4.69) is 22.1 Å². The summed E-state index contributed by atoms with van der Waals surface area (Å²) in [5.41, 5.74) is -6.09. The third-order valence-electron chi connectivity index (χ3n) is 2.46. The summed E-state index contributed by atoms with van der Waals surface area (Å²) in [6, 6.07) is 0. The Morgan fingerprint density at radius 3 is 1.52 bits per heavy atom. The van der Waals surface area contributed by atoms with E-state index in [0.29, 0.717) is 0 Å². The molecule has 2 N–H and O–H groups in total. The van der Waals surface area contributed by atoms with Crippen molar-refractivity contribution in [1.82, 2.24) is 0 Å². The molecule has 3 nitrogen and oxygen atoms in total. The minimum atomic E-state index is -6.49. The number of halogens is 11. The van der Waals surface area contributed by atoms with Gasteiger partial charge in [0.05, 0.1) is 0 Å². The van der Waals surface area contributed by atoms with Crippen LogP contribution in [-0.2, 0) is 4.74 Å². The van der Waals surface area contributed by atoms with Crippen LogP contribution in [0.3, 0.4) is 0 Å². The molecule has 0 saturated heterocycles. The van der Waals surface area contributed by atoms with Crippen molar-refractivity contribution in [2.24, 2.45) is 10.7 Å². The monoisotopic (exact) mass is 356 g/mol. The predicted molar refractivity (Wildman–Crippen MR) is 47.1 cm³/mol. The lowest BCUT2D eigenvalue weighted by Gasteiger charge is -2.36. The van der Waals surface area contributed by atoms with Crippen LogP contribution in [0.15, 0.2) is 4.99 Å². The van der Waals surface area contributed by atoms with E-state index in [1.54, 1.807) is 4.99 Å². The second-order valence-corrected chi connectivity index (χ2v) is 4.25. The lowest BCUT2D eigenvalue weighted by Crippen LogP contribution is -2.64. The van der Waals surface area contributed by atoms with E-state index in [4.69, 9.17) is 0 Å². The van der Waals surface area contributed by atoms with Crippen molar-refractivity contribution in [2.45, 2.75) is 35.5 Å². The molecule has 0 aromatic heterocycles. The number of aliphatic imine (C=N–C) groups is 1. The van der Waals surface area contributed by atoms with Gasteiger partial charge >= 0.3 is 23.5 Å². The molecule has 0 aliphatic carbocycles. The SMILES string of the molecule is NC1=NC(C(F)(F)F)(C(F)(F)F)OC1(C(F)F)C(F)(F)Cl. The third kappa shape index (κ3) is 2.29. The predicted octanol–water partition coefficient (Wildman–Crippen LogP) is 3.03. The van der Waals surface area contributed by atoms with Crippen molar-refractivity contribution in [3.05, 3.63) is 0 Å². The zero-order chi connectivity index (χ0) is 17.1. The molecule has 1 aliphatic heterocycles. The molecule has 1 unspecified atom stereocenters. The molecular formula is C7H3ClF10N2O. The third-order valence-corrected chi connectivity index (χ3v) is 2.74. The Morgan fingerprint density at radius 1 is 1.00 bits per heavy atom. The summed E-state index contributed by atoms with van der Waals surface area (Å²) >= 11 is 4.18. The molecule has 0 amide bonds. The molecule has 1 atom stereocenters. The van der Waals surface area contributed by atoms with E-state index in [9.17, 15) is 43.9 Å². The van der Waals surface area contributed by atoms with Gasteiger partial charge in [0.15, 0.2) is 0 Å². The Labute approximate surface area is 113 Å². The average molecular weight is 357 g/mol. The van der Waals surface area contributed by atoms with Crippen molar-refractivity contribution >= 4 is 17.4 Å². The smallest absolute Gasteiger partial charge is 0.384 e. The van der Waals surface area contributed by atoms with Crippen LogP contribution >= 0.6 is 11.6 Å². The summed E-state index contributed by atoms with van der Waals surface area (Å²) in [6.07, 6.45) is -17.6. The number of hydrogen-bond acceptors (Lipinski definition) is 3. The van der Waals surface area contributed by atoms with Gasteiger partial charge in [-0.2, -0.15) is 35.1 Å². The minimum absolute atomic E-state index is 1.68. The van der Waals surface area contributed by atoms with Crippen LogP contribution in [0.2, 0.25) is 0 Å². The number of nitrogens with zero attached hydrogens (tertiary/aromatic N) is 1. The molecular weight excluding hydrogens is 354 g/mol. The summed E-state index contributed by atoms with van der Waals surface area (Å²) in [4.78, 5) is 1.68. The molecule has 21 heavy (non-hydrogen) atoms. The highest BCUT2D eigenvalue weighted by Crippen LogP contribution is 2.56. The van der Waals surface area contributed by atoms with Crippen LogP contribution in [0.4, 0.5) is 43.9 Å². The Hall–Kier alpha value is -0.980. The van der Waals surface area contributed by atoms with E-state index >= 15 is 0 Å². The number of nitrogens with two attached hydrogens (primary N) is 1. The van der Waals surface area contributed by atoms with Gasteiger partial charge in [-0.25, -0.2) is 13.8 Å². The fraction of sp³-hybridized carbons (Fsp3) is 0.857. The summed E-state index contributed by atoms with van der Waals surface area (Å²) in [5, 5.41) is -5.40. The van der Waals surface area contributed by atoms with Gasteiger partial charge in [0.25, 0.3) is 12.0 Å². The van der Waals surface area contributed by atoms with E-state index in [1.165, 1.54) is 0 Å². The second-order valence-electron chi connectivity index (χ2n) is 3.77.